The molecule has 3 nitrogen and oxygen atoms in total. The number of nitrogens with two attached hydrogens (primary N) is 1. The van der Waals surface area contributed by atoms with Gasteiger partial charge >= 0.3 is 0 Å². The third-order valence-corrected chi connectivity index (χ3v) is 4.49. The van der Waals surface area contributed by atoms with Crippen molar-refractivity contribution in [2.24, 2.45) is 17.6 Å². The first kappa shape index (κ1) is 14.1. The first-order valence-corrected chi connectivity index (χ1v) is 7.07. The quantitative estimate of drug-likeness (QED) is 0.867. The van der Waals surface area contributed by atoms with Gasteiger partial charge in [0.1, 0.15) is 0 Å². The minimum atomic E-state index is -0.570. The molecule has 1 aromatic carbocycles. The summed E-state index contributed by atoms with van der Waals surface area (Å²) >= 11 is 0. The number of carbonyl (C=O) groups is 1. The molecule has 3 N–H and O–H groups in total. The van der Waals surface area contributed by atoms with Gasteiger partial charge in [-0.3, -0.25) is 4.79 Å². The minimum absolute atomic E-state index is 0.184. The molecule has 2 rings (SSSR count). The summed E-state index contributed by atoms with van der Waals surface area (Å²) < 4.78 is 0. The molecule has 1 aliphatic heterocycles. The predicted molar refractivity (Wildman–Crippen MR) is 76.6 cm³/mol. The molecule has 0 bridgehead atoms. The molecular weight excluding hydrogens is 236 g/mol. The van der Waals surface area contributed by atoms with E-state index < -0.39 is 5.41 Å². The second-order valence-electron chi connectivity index (χ2n) is 5.70. The van der Waals surface area contributed by atoms with E-state index in [9.17, 15) is 4.79 Å². The number of benzene rings is 1. The molecule has 0 saturated carbocycles. The number of primary amides is 1. The summed E-state index contributed by atoms with van der Waals surface area (Å²) in [5.74, 6) is 0.292. The average Bonchev–Trinajstić information content (AvgIpc) is 2.41. The lowest BCUT2D eigenvalue weighted by Gasteiger charge is -2.44. The number of rotatable bonds is 4. The van der Waals surface area contributed by atoms with Crippen LogP contribution < -0.4 is 11.1 Å². The Hall–Kier alpha value is -1.35. The van der Waals surface area contributed by atoms with Gasteiger partial charge in [-0.15, -0.1) is 0 Å². The monoisotopic (exact) mass is 259 g/mol. The standard InChI is InChI=1S/C16H23N2O/c1-12(2)16(15(17)19,13-6-4-3-5-7-13)14-8-10-18-11-9-14/h3-4,6-7,12,14,18H,8-11H2,1-2H3,(H2,17,19). The molecule has 0 spiro atoms. The Balaban J connectivity index is 2.50. The van der Waals surface area contributed by atoms with Gasteiger partial charge in [0.05, 0.1) is 5.41 Å². The lowest BCUT2D eigenvalue weighted by molar-refractivity contribution is -0.128. The highest BCUT2D eigenvalue weighted by atomic mass is 16.1. The fraction of sp³-hybridized carbons (Fsp3) is 0.562. The molecule has 1 radical (unpaired) electrons. The van der Waals surface area contributed by atoms with Crippen LogP contribution in [-0.4, -0.2) is 19.0 Å². The van der Waals surface area contributed by atoms with E-state index in [4.69, 9.17) is 5.73 Å². The SMILES string of the molecule is CC(C)C(C(N)=O)(c1c[c]ccc1)C1CCNCC1. The van der Waals surface area contributed by atoms with Crippen LogP contribution in [0.1, 0.15) is 32.3 Å². The van der Waals surface area contributed by atoms with Gasteiger partial charge < -0.3 is 11.1 Å². The first-order chi connectivity index (χ1) is 9.10. The maximum atomic E-state index is 12.4. The fourth-order valence-electron chi connectivity index (χ4n) is 3.60. The van der Waals surface area contributed by atoms with Crippen LogP contribution in [0.15, 0.2) is 24.3 Å². The second-order valence-corrected chi connectivity index (χ2v) is 5.70. The lowest BCUT2D eigenvalue weighted by Crippen LogP contribution is -2.53. The van der Waals surface area contributed by atoms with Crippen LogP contribution in [0.25, 0.3) is 0 Å². The van der Waals surface area contributed by atoms with E-state index in [-0.39, 0.29) is 11.8 Å². The van der Waals surface area contributed by atoms with E-state index in [1.54, 1.807) is 0 Å². The van der Waals surface area contributed by atoms with Crippen molar-refractivity contribution < 1.29 is 4.79 Å². The van der Waals surface area contributed by atoms with Crippen molar-refractivity contribution in [3.05, 3.63) is 35.9 Å². The Bertz CT molecular complexity index is 424. The largest absolute Gasteiger partial charge is 0.369 e. The van der Waals surface area contributed by atoms with Crippen molar-refractivity contribution in [3.8, 4) is 0 Å². The summed E-state index contributed by atoms with van der Waals surface area (Å²) in [5.41, 5.74) is 6.31. The van der Waals surface area contributed by atoms with Gasteiger partial charge in [0.15, 0.2) is 0 Å². The summed E-state index contributed by atoms with van der Waals surface area (Å²) in [6, 6.07) is 10.8. The van der Waals surface area contributed by atoms with Crippen molar-refractivity contribution in [2.45, 2.75) is 32.1 Å². The van der Waals surface area contributed by atoms with Gasteiger partial charge in [0.2, 0.25) is 5.91 Å². The third kappa shape index (κ3) is 2.39. The number of amides is 1. The Kier molecular flexibility index (Phi) is 4.25. The number of hydrogen-bond donors (Lipinski definition) is 2. The molecule has 1 saturated heterocycles. The van der Waals surface area contributed by atoms with Gasteiger partial charge in [-0.2, -0.15) is 0 Å². The Labute approximate surface area is 115 Å². The number of hydrogen-bond acceptors (Lipinski definition) is 2. The van der Waals surface area contributed by atoms with E-state index >= 15 is 0 Å². The maximum Gasteiger partial charge on any atom is 0.228 e. The zero-order chi connectivity index (χ0) is 13.9. The highest BCUT2D eigenvalue weighted by Crippen LogP contribution is 2.43. The number of nitrogens with one attached hydrogen (secondary N) is 1. The fourth-order valence-corrected chi connectivity index (χ4v) is 3.60. The molecule has 1 fully saturated rings. The lowest BCUT2D eigenvalue weighted by atomic mass is 9.60. The highest BCUT2D eigenvalue weighted by Gasteiger charge is 2.48. The zero-order valence-electron chi connectivity index (χ0n) is 11.8. The molecule has 1 heterocycles. The Morgan fingerprint density at radius 2 is 2.16 bits per heavy atom. The van der Waals surface area contributed by atoms with Gasteiger partial charge in [-0.05, 0) is 49.4 Å². The van der Waals surface area contributed by atoms with E-state index in [1.165, 1.54) is 0 Å². The van der Waals surface area contributed by atoms with E-state index in [0.717, 1.165) is 31.5 Å². The van der Waals surface area contributed by atoms with Crippen LogP contribution in [0.5, 0.6) is 0 Å². The van der Waals surface area contributed by atoms with Crippen LogP contribution >= 0.6 is 0 Å². The molecule has 0 aromatic heterocycles. The van der Waals surface area contributed by atoms with Crippen LogP contribution in [0, 0.1) is 17.9 Å². The maximum absolute atomic E-state index is 12.4. The smallest absolute Gasteiger partial charge is 0.228 e. The van der Waals surface area contributed by atoms with Crippen molar-refractivity contribution in [1.29, 1.82) is 0 Å². The summed E-state index contributed by atoms with van der Waals surface area (Å²) in [6.45, 7) is 6.12. The Morgan fingerprint density at radius 1 is 1.47 bits per heavy atom. The normalized spacial score (nSPS) is 20.2. The van der Waals surface area contributed by atoms with Gasteiger partial charge in [0, 0.05) is 0 Å². The van der Waals surface area contributed by atoms with Crippen molar-refractivity contribution in [2.75, 3.05) is 13.1 Å². The third-order valence-electron chi connectivity index (χ3n) is 4.49. The molecule has 1 aromatic rings. The summed E-state index contributed by atoms with van der Waals surface area (Å²) in [7, 11) is 0. The Morgan fingerprint density at radius 3 is 2.63 bits per heavy atom. The molecule has 1 atom stereocenters. The van der Waals surface area contributed by atoms with Gasteiger partial charge in [-0.25, -0.2) is 0 Å². The highest BCUT2D eigenvalue weighted by molar-refractivity contribution is 5.87. The predicted octanol–water partition coefficient (Wildman–Crippen LogP) is 1.87. The molecule has 1 unspecified atom stereocenters. The molecule has 0 aliphatic carbocycles. The van der Waals surface area contributed by atoms with Gasteiger partial charge in [0.25, 0.3) is 0 Å². The summed E-state index contributed by atoms with van der Waals surface area (Å²) in [6.07, 6.45) is 1.99. The van der Waals surface area contributed by atoms with Crippen LogP contribution in [0.3, 0.4) is 0 Å². The number of piperidine rings is 1. The first-order valence-electron chi connectivity index (χ1n) is 7.07. The van der Waals surface area contributed by atoms with E-state index in [0.29, 0.717) is 5.92 Å². The molecule has 103 valence electrons. The molecule has 19 heavy (non-hydrogen) atoms. The molecular formula is C16H23N2O. The van der Waals surface area contributed by atoms with E-state index in [1.807, 2.05) is 24.3 Å². The zero-order valence-corrected chi connectivity index (χ0v) is 11.8. The van der Waals surface area contributed by atoms with Crippen LogP contribution in [0.4, 0.5) is 0 Å². The van der Waals surface area contributed by atoms with Crippen LogP contribution in [0.2, 0.25) is 0 Å². The van der Waals surface area contributed by atoms with E-state index in [2.05, 4.69) is 25.2 Å². The summed E-state index contributed by atoms with van der Waals surface area (Å²) in [4.78, 5) is 12.4. The second kappa shape index (κ2) is 5.74. The van der Waals surface area contributed by atoms with Crippen LogP contribution in [-0.2, 0) is 10.2 Å². The molecule has 1 aliphatic rings. The topological polar surface area (TPSA) is 55.1 Å². The molecule has 1 amide bonds. The number of carbonyl (C=O) groups excluding carboxylic acids is 1. The molecule has 3 heteroatoms. The summed E-state index contributed by atoms with van der Waals surface area (Å²) in [5, 5.41) is 3.36. The van der Waals surface area contributed by atoms with Gasteiger partial charge in [-0.1, -0.05) is 38.1 Å². The van der Waals surface area contributed by atoms with Crippen molar-refractivity contribution in [3.63, 3.8) is 0 Å². The average molecular weight is 259 g/mol. The van der Waals surface area contributed by atoms with Crippen molar-refractivity contribution >= 4 is 5.91 Å². The van der Waals surface area contributed by atoms with Crippen molar-refractivity contribution in [1.82, 2.24) is 5.32 Å². The minimum Gasteiger partial charge on any atom is -0.369 e.